The summed E-state index contributed by atoms with van der Waals surface area (Å²) in [4.78, 5) is 13.8. The van der Waals surface area contributed by atoms with Crippen LogP contribution in [0.3, 0.4) is 0 Å². The summed E-state index contributed by atoms with van der Waals surface area (Å²) in [5, 5.41) is 3.26. The van der Waals surface area contributed by atoms with Crippen LogP contribution in [0.2, 0.25) is 0 Å². The lowest BCUT2D eigenvalue weighted by Crippen LogP contribution is -2.01. The van der Waals surface area contributed by atoms with Crippen molar-refractivity contribution in [1.82, 2.24) is 15.0 Å². The molecule has 2 heterocycles. The van der Waals surface area contributed by atoms with Crippen LogP contribution in [0.15, 0.2) is 64.5 Å². The summed E-state index contributed by atoms with van der Waals surface area (Å²) in [5.74, 6) is 0.459. The minimum Gasteiger partial charge on any atom is -0.382 e. The van der Waals surface area contributed by atoms with Crippen molar-refractivity contribution in [2.45, 2.75) is 9.92 Å². The van der Waals surface area contributed by atoms with Crippen molar-refractivity contribution in [3.05, 3.63) is 54.6 Å². The summed E-state index contributed by atoms with van der Waals surface area (Å²) in [5.41, 5.74) is 12.7. The molecular formula is C17H13N5S. The molecule has 0 saturated carbocycles. The molecule has 23 heavy (non-hydrogen) atoms. The molecule has 0 bridgehead atoms. The van der Waals surface area contributed by atoms with Crippen LogP contribution in [0, 0.1) is 0 Å². The Morgan fingerprint density at radius 1 is 0.783 bits per heavy atom. The summed E-state index contributed by atoms with van der Waals surface area (Å²) < 4.78 is 0. The molecule has 112 valence electrons. The minimum absolute atomic E-state index is 0.159. The van der Waals surface area contributed by atoms with Gasteiger partial charge < -0.3 is 11.5 Å². The van der Waals surface area contributed by atoms with Gasteiger partial charge in [0, 0.05) is 4.90 Å². The fraction of sp³-hybridized carbons (Fsp3) is 0. The number of nitrogens with two attached hydrogens (primary N) is 2. The van der Waals surface area contributed by atoms with E-state index in [-0.39, 0.29) is 5.95 Å². The Labute approximate surface area is 136 Å². The predicted octanol–water partition coefficient (Wildman–Crippen LogP) is 3.49. The zero-order valence-electron chi connectivity index (χ0n) is 12.1. The van der Waals surface area contributed by atoms with Gasteiger partial charge in [0.05, 0.1) is 5.52 Å². The molecule has 0 aliphatic heterocycles. The Kier molecular flexibility index (Phi) is 3.24. The Bertz CT molecular complexity index is 1030. The van der Waals surface area contributed by atoms with E-state index in [2.05, 4.69) is 45.3 Å². The fourth-order valence-electron chi connectivity index (χ4n) is 2.45. The molecule has 0 amide bonds. The van der Waals surface area contributed by atoms with E-state index in [9.17, 15) is 0 Å². The highest BCUT2D eigenvalue weighted by molar-refractivity contribution is 7.99. The SMILES string of the molecule is Nc1nc(N)c2nc(Sc3ccc4ccccc4c3)ccc2n1. The van der Waals surface area contributed by atoms with Gasteiger partial charge in [0.1, 0.15) is 10.5 Å². The average Bonchev–Trinajstić information content (AvgIpc) is 2.55. The molecular weight excluding hydrogens is 306 g/mol. The summed E-state index contributed by atoms with van der Waals surface area (Å²) in [6, 6.07) is 18.4. The van der Waals surface area contributed by atoms with E-state index in [1.807, 2.05) is 24.3 Å². The van der Waals surface area contributed by atoms with Gasteiger partial charge in [0.15, 0.2) is 5.82 Å². The maximum Gasteiger partial charge on any atom is 0.222 e. The summed E-state index contributed by atoms with van der Waals surface area (Å²) in [6.45, 7) is 0. The van der Waals surface area contributed by atoms with Crippen LogP contribution in [0.5, 0.6) is 0 Å². The van der Waals surface area contributed by atoms with Crippen LogP contribution >= 0.6 is 11.8 Å². The number of pyridine rings is 1. The van der Waals surface area contributed by atoms with Crippen LogP contribution in [-0.4, -0.2) is 15.0 Å². The van der Waals surface area contributed by atoms with E-state index in [1.54, 1.807) is 11.8 Å². The molecule has 0 saturated heterocycles. The normalized spacial score (nSPS) is 11.1. The molecule has 4 rings (SSSR count). The summed E-state index contributed by atoms with van der Waals surface area (Å²) >= 11 is 1.58. The molecule has 4 N–H and O–H groups in total. The second-order valence-corrected chi connectivity index (χ2v) is 6.19. The second kappa shape index (κ2) is 5.40. The van der Waals surface area contributed by atoms with E-state index in [1.165, 1.54) is 10.8 Å². The Morgan fingerprint density at radius 3 is 2.48 bits per heavy atom. The molecule has 0 aliphatic rings. The first kappa shape index (κ1) is 13.8. The molecule has 2 aromatic carbocycles. The first-order valence-corrected chi connectivity index (χ1v) is 7.87. The van der Waals surface area contributed by atoms with Crippen molar-refractivity contribution in [3.8, 4) is 0 Å². The van der Waals surface area contributed by atoms with Crippen LogP contribution in [0.1, 0.15) is 0 Å². The first-order valence-electron chi connectivity index (χ1n) is 7.05. The number of anilines is 2. The predicted molar refractivity (Wildman–Crippen MR) is 94.2 cm³/mol. The van der Waals surface area contributed by atoms with Crippen LogP contribution in [0.4, 0.5) is 11.8 Å². The molecule has 0 aliphatic carbocycles. The zero-order valence-corrected chi connectivity index (χ0v) is 12.9. The third-order valence-electron chi connectivity index (χ3n) is 3.50. The number of hydrogen-bond donors (Lipinski definition) is 2. The second-order valence-electron chi connectivity index (χ2n) is 5.10. The van der Waals surface area contributed by atoms with Crippen molar-refractivity contribution in [3.63, 3.8) is 0 Å². The van der Waals surface area contributed by atoms with Crippen molar-refractivity contribution in [2.24, 2.45) is 0 Å². The van der Waals surface area contributed by atoms with Gasteiger partial charge in [-0.3, -0.25) is 0 Å². The largest absolute Gasteiger partial charge is 0.382 e. The van der Waals surface area contributed by atoms with Crippen molar-refractivity contribution >= 4 is 45.3 Å². The molecule has 2 aromatic heterocycles. The standard InChI is InChI=1S/C17H13N5S/c18-16-15-13(20-17(19)22-16)7-8-14(21-15)23-12-6-5-10-3-1-2-4-11(10)9-12/h1-9H,(H4,18,19,20,22). The highest BCUT2D eigenvalue weighted by atomic mass is 32.2. The van der Waals surface area contributed by atoms with E-state index < -0.39 is 0 Å². The zero-order chi connectivity index (χ0) is 15.8. The molecule has 4 aromatic rings. The molecule has 0 atom stereocenters. The van der Waals surface area contributed by atoms with Gasteiger partial charge in [-0.2, -0.15) is 4.98 Å². The lowest BCUT2D eigenvalue weighted by molar-refractivity contribution is 1.15. The maximum atomic E-state index is 5.89. The monoisotopic (exact) mass is 319 g/mol. The molecule has 0 fully saturated rings. The maximum absolute atomic E-state index is 5.89. The van der Waals surface area contributed by atoms with E-state index in [4.69, 9.17) is 11.5 Å². The lowest BCUT2D eigenvalue weighted by Gasteiger charge is -2.06. The van der Waals surface area contributed by atoms with Gasteiger partial charge >= 0.3 is 0 Å². The highest BCUT2D eigenvalue weighted by Gasteiger charge is 2.07. The molecule has 5 nitrogen and oxygen atoms in total. The third-order valence-corrected chi connectivity index (χ3v) is 4.43. The Balaban J connectivity index is 1.73. The Hall–Kier alpha value is -2.86. The molecule has 0 spiro atoms. The van der Waals surface area contributed by atoms with Gasteiger partial charge in [0.25, 0.3) is 0 Å². The van der Waals surface area contributed by atoms with Crippen molar-refractivity contribution < 1.29 is 0 Å². The van der Waals surface area contributed by atoms with Gasteiger partial charge in [-0.15, -0.1) is 0 Å². The number of nitrogen functional groups attached to an aromatic ring is 2. The van der Waals surface area contributed by atoms with E-state index in [0.29, 0.717) is 16.9 Å². The smallest absolute Gasteiger partial charge is 0.222 e. The third kappa shape index (κ3) is 2.64. The number of rotatable bonds is 2. The van der Waals surface area contributed by atoms with Gasteiger partial charge in [-0.25, -0.2) is 9.97 Å². The minimum atomic E-state index is 0.159. The van der Waals surface area contributed by atoms with Crippen LogP contribution < -0.4 is 11.5 Å². The number of aromatic nitrogens is 3. The Morgan fingerprint density at radius 2 is 1.61 bits per heavy atom. The van der Waals surface area contributed by atoms with Crippen LogP contribution in [-0.2, 0) is 0 Å². The summed E-state index contributed by atoms with van der Waals surface area (Å²) in [6.07, 6.45) is 0. The molecule has 6 heteroatoms. The van der Waals surface area contributed by atoms with Crippen molar-refractivity contribution in [2.75, 3.05) is 11.5 Å². The van der Waals surface area contributed by atoms with E-state index >= 15 is 0 Å². The van der Waals surface area contributed by atoms with Gasteiger partial charge in [-0.05, 0) is 35.0 Å². The quantitative estimate of drug-likeness (QED) is 0.587. The topological polar surface area (TPSA) is 90.7 Å². The average molecular weight is 319 g/mol. The van der Waals surface area contributed by atoms with Gasteiger partial charge in [-0.1, -0.05) is 42.1 Å². The van der Waals surface area contributed by atoms with E-state index in [0.717, 1.165) is 9.92 Å². The van der Waals surface area contributed by atoms with Crippen molar-refractivity contribution in [1.29, 1.82) is 0 Å². The first-order chi connectivity index (χ1) is 11.2. The molecule has 0 unspecified atom stereocenters. The number of fused-ring (bicyclic) bond motifs is 2. The lowest BCUT2D eigenvalue weighted by atomic mass is 10.1. The fourth-order valence-corrected chi connectivity index (χ4v) is 3.28. The van der Waals surface area contributed by atoms with Crippen LogP contribution in [0.25, 0.3) is 21.8 Å². The number of nitrogens with zero attached hydrogens (tertiary/aromatic N) is 3. The number of hydrogen-bond acceptors (Lipinski definition) is 6. The number of benzene rings is 2. The highest BCUT2D eigenvalue weighted by Crippen LogP contribution is 2.30. The molecule has 0 radical (unpaired) electrons. The van der Waals surface area contributed by atoms with Gasteiger partial charge in [0.2, 0.25) is 5.95 Å². The summed E-state index contributed by atoms with van der Waals surface area (Å²) in [7, 11) is 0.